The Balaban J connectivity index is 2.87. The highest BCUT2D eigenvalue weighted by atomic mass is 32.2. The summed E-state index contributed by atoms with van der Waals surface area (Å²) in [6, 6.07) is 0. The lowest BCUT2D eigenvalue weighted by atomic mass is 10.0. The topological polar surface area (TPSA) is 69.1 Å². The zero-order valence-electron chi connectivity index (χ0n) is 9.19. The number of rotatable bonds is 5. The summed E-state index contributed by atoms with van der Waals surface area (Å²) in [5.74, 6) is 0.290. The molecule has 2 N–H and O–H groups in total. The van der Waals surface area contributed by atoms with Gasteiger partial charge >= 0.3 is 0 Å². The van der Waals surface area contributed by atoms with Crippen LogP contribution in [0.25, 0.3) is 0 Å². The number of oxazole rings is 1. The molecule has 0 aliphatic heterocycles. The van der Waals surface area contributed by atoms with E-state index in [0.29, 0.717) is 11.1 Å². The maximum Gasteiger partial charge on any atom is 0.270 e. The molecule has 1 amide bonds. The quantitative estimate of drug-likeness (QED) is 0.837. The lowest BCUT2D eigenvalue weighted by molar-refractivity contribution is 0.0995. The molecule has 0 aliphatic rings. The van der Waals surface area contributed by atoms with Crippen LogP contribution in [0.5, 0.6) is 0 Å². The van der Waals surface area contributed by atoms with Gasteiger partial charge in [-0.05, 0) is 12.7 Å². The molecule has 1 aromatic heterocycles. The van der Waals surface area contributed by atoms with Crippen molar-refractivity contribution in [3.05, 3.63) is 17.8 Å². The first kappa shape index (κ1) is 12.1. The second-order valence-electron chi connectivity index (χ2n) is 3.39. The van der Waals surface area contributed by atoms with E-state index in [2.05, 4.69) is 18.8 Å². The monoisotopic (exact) mass is 228 g/mol. The largest absolute Gasteiger partial charge is 0.448 e. The fourth-order valence-electron chi connectivity index (χ4n) is 1.44. The Labute approximate surface area is 93.6 Å². The van der Waals surface area contributed by atoms with Crippen molar-refractivity contribution in [2.24, 2.45) is 5.73 Å². The summed E-state index contributed by atoms with van der Waals surface area (Å²) < 4.78 is 5.28. The molecule has 0 aromatic carbocycles. The zero-order valence-corrected chi connectivity index (χ0v) is 10.0. The third-order valence-electron chi connectivity index (χ3n) is 2.47. The fourth-order valence-corrected chi connectivity index (χ4v) is 2.08. The van der Waals surface area contributed by atoms with Crippen molar-refractivity contribution < 1.29 is 9.21 Å². The van der Waals surface area contributed by atoms with Crippen LogP contribution in [-0.4, -0.2) is 22.4 Å². The lowest BCUT2D eigenvalue weighted by Crippen LogP contribution is -2.14. The van der Waals surface area contributed by atoms with Gasteiger partial charge in [0.25, 0.3) is 5.91 Å². The van der Waals surface area contributed by atoms with Gasteiger partial charge in [0.2, 0.25) is 0 Å². The molecule has 84 valence electrons. The third kappa shape index (κ3) is 2.75. The average Bonchev–Trinajstić information content (AvgIpc) is 2.68. The molecule has 2 unspecified atom stereocenters. The van der Waals surface area contributed by atoms with Crippen molar-refractivity contribution >= 4 is 17.7 Å². The first-order valence-corrected chi connectivity index (χ1v) is 6.17. The predicted molar refractivity (Wildman–Crippen MR) is 61.0 cm³/mol. The van der Waals surface area contributed by atoms with Crippen LogP contribution in [0.2, 0.25) is 0 Å². The molecule has 1 rings (SSSR count). The van der Waals surface area contributed by atoms with E-state index in [9.17, 15) is 4.79 Å². The number of aromatic nitrogens is 1. The Kier molecular flexibility index (Phi) is 4.20. The number of hydrogen-bond donors (Lipinski definition) is 1. The summed E-state index contributed by atoms with van der Waals surface area (Å²) in [6.07, 6.45) is 4.30. The van der Waals surface area contributed by atoms with Gasteiger partial charge in [-0.25, -0.2) is 4.98 Å². The van der Waals surface area contributed by atoms with Gasteiger partial charge in [0.05, 0.1) is 0 Å². The summed E-state index contributed by atoms with van der Waals surface area (Å²) in [5.41, 5.74) is 5.32. The molecule has 1 aromatic rings. The van der Waals surface area contributed by atoms with E-state index in [1.165, 1.54) is 6.26 Å². The van der Waals surface area contributed by atoms with Crippen LogP contribution in [0.4, 0.5) is 0 Å². The third-order valence-corrected chi connectivity index (χ3v) is 3.54. The van der Waals surface area contributed by atoms with Crippen molar-refractivity contribution in [1.29, 1.82) is 0 Å². The first-order valence-electron chi connectivity index (χ1n) is 4.88. The van der Waals surface area contributed by atoms with Crippen molar-refractivity contribution in [1.82, 2.24) is 4.98 Å². The molecule has 15 heavy (non-hydrogen) atoms. The molecular formula is C10H16N2O2S. The van der Waals surface area contributed by atoms with Gasteiger partial charge in [-0.1, -0.05) is 13.8 Å². The van der Waals surface area contributed by atoms with Crippen LogP contribution in [0.3, 0.4) is 0 Å². The van der Waals surface area contributed by atoms with Gasteiger partial charge < -0.3 is 10.2 Å². The maximum absolute atomic E-state index is 10.9. The number of nitrogens with two attached hydrogens (primary N) is 1. The summed E-state index contributed by atoms with van der Waals surface area (Å²) in [4.78, 5) is 15.0. The van der Waals surface area contributed by atoms with Gasteiger partial charge in [0.1, 0.15) is 6.26 Å². The highest BCUT2D eigenvalue weighted by molar-refractivity contribution is 7.99. The molecule has 0 radical (unpaired) electrons. The number of primary amides is 1. The van der Waals surface area contributed by atoms with Gasteiger partial charge in [0, 0.05) is 11.2 Å². The SMILES string of the molecule is CCC(c1nc(C(N)=O)co1)C(C)SC. The van der Waals surface area contributed by atoms with Crippen LogP contribution in [0.15, 0.2) is 10.7 Å². The number of amides is 1. The van der Waals surface area contributed by atoms with Crippen LogP contribution in [-0.2, 0) is 0 Å². The second-order valence-corrected chi connectivity index (χ2v) is 4.61. The van der Waals surface area contributed by atoms with E-state index in [4.69, 9.17) is 10.2 Å². The predicted octanol–water partition coefficient (Wildman–Crippen LogP) is 2.02. The maximum atomic E-state index is 10.9. The summed E-state index contributed by atoms with van der Waals surface area (Å²) in [6.45, 7) is 4.19. The summed E-state index contributed by atoms with van der Waals surface area (Å²) >= 11 is 1.75. The average molecular weight is 228 g/mol. The molecule has 0 spiro atoms. The standard InChI is InChI=1S/C10H16N2O2S/c1-4-7(6(2)15-3)10-12-8(5-14-10)9(11)13/h5-7H,4H2,1-3H3,(H2,11,13). The molecule has 0 aliphatic carbocycles. The lowest BCUT2D eigenvalue weighted by Gasteiger charge is -2.16. The van der Waals surface area contributed by atoms with Crippen molar-refractivity contribution in [2.75, 3.05) is 6.26 Å². The molecule has 0 bridgehead atoms. The van der Waals surface area contributed by atoms with Crippen LogP contribution in [0, 0.1) is 0 Å². The van der Waals surface area contributed by atoms with Crippen LogP contribution < -0.4 is 5.73 Å². The van der Waals surface area contributed by atoms with Crippen molar-refractivity contribution in [3.63, 3.8) is 0 Å². The molecule has 1 heterocycles. The minimum Gasteiger partial charge on any atom is -0.448 e. The zero-order chi connectivity index (χ0) is 11.4. The molecule has 5 heteroatoms. The minimum absolute atomic E-state index is 0.205. The number of nitrogens with zero attached hydrogens (tertiary/aromatic N) is 1. The van der Waals surface area contributed by atoms with Crippen molar-refractivity contribution in [2.45, 2.75) is 31.4 Å². The Morgan fingerprint density at radius 1 is 1.73 bits per heavy atom. The molecule has 0 saturated heterocycles. The highest BCUT2D eigenvalue weighted by Gasteiger charge is 2.22. The molecule has 4 nitrogen and oxygen atoms in total. The number of thioether (sulfide) groups is 1. The normalized spacial score (nSPS) is 14.9. The van der Waals surface area contributed by atoms with E-state index in [-0.39, 0.29) is 11.6 Å². The highest BCUT2D eigenvalue weighted by Crippen LogP contribution is 2.29. The molecule has 0 fully saturated rings. The summed E-state index contributed by atoms with van der Waals surface area (Å²) in [7, 11) is 0. The minimum atomic E-state index is -0.545. The Hall–Kier alpha value is -0.970. The smallest absolute Gasteiger partial charge is 0.270 e. The fraction of sp³-hybridized carbons (Fsp3) is 0.600. The van der Waals surface area contributed by atoms with Gasteiger partial charge in [-0.15, -0.1) is 0 Å². The van der Waals surface area contributed by atoms with Crippen molar-refractivity contribution in [3.8, 4) is 0 Å². The van der Waals surface area contributed by atoms with E-state index < -0.39 is 5.91 Å². The van der Waals surface area contributed by atoms with Crippen LogP contribution >= 0.6 is 11.8 Å². The van der Waals surface area contributed by atoms with Gasteiger partial charge in [-0.2, -0.15) is 11.8 Å². The number of carbonyl (C=O) groups excluding carboxylic acids is 1. The first-order chi connectivity index (χ1) is 7.10. The Morgan fingerprint density at radius 2 is 2.40 bits per heavy atom. The van der Waals surface area contributed by atoms with E-state index in [1.807, 2.05) is 6.26 Å². The summed E-state index contributed by atoms with van der Waals surface area (Å²) in [5, 5.41) is 0.411. The Bertz CT molecular complexity index is 338. The van der Waals surface area contributed by atoms with E-state index in [0.717, 1.165) is 6.42 Å². The Morgan fingerprint density at radius 3 is 2.80 bits per heavy atom. The molecular weight excluding hydrogens is 212 g/mol. The van der Waals surface area contributed by atoms with E-state index >= 15 is 0 Å². The van der Waals surface area contributed by atoms with E-state index in [1.54, 1.807) is 11.8 Å². The van der Waals surface area contributed by atoms with Crippen LogP contribution in [0.1, 0.15) is 42.6 Å². The molecule has 0 saturated carbocycles. The number of hydrogen-bond acceptors (Lipinski definition) is 4. The molecule has 2 atom stereocenters. The second kappa shape index (κ2) is 5.21. The number of carbonyl (C=O) groups is 1. The van der Waals surface area contributed by atoms with Gasteiger partial charge in [-0.3, -0.25) is 4.79 Å². The van der Waals surface area contributed by atoms with Gasteiger partial charge in [0.15, 0.2) is 11.6 Å².